The molecule has 1 saturated carbocycles. The predicted octanol–water partition coefficient (Wildman–Crippen LogP) is 0.684. The van der Waals surface area contributed by atoms with Crippen LogP contribution in [0.4, 0.5) is 0 Å². The number of fused-ring (bicyclic) bond motifs is 1. The molecule has 0 spiro atoms. The molecule has 0 radical (unpaired) electrons. The van der Waals surface area contributed by atoms with Crippen molar-refractivity contribution in [2.24, 2.45) is 5.92 Å². The highest BCUT2D eigenvalue weighted by atomic mass is 16.5. The summed E-state index contributed by atoms with van der Waals surface area (Å²) in [5, 5.41) is 10.7. The van der Waals surface area contributed by atoms with Crippen LogP contribution in [-0.4, -0.2) is 26.4 Å². The Hall–Kier alpha value is -1.40. The van der Waals surface area contributed by atoms with Crippen molar-refractivity contribution in [3.05, 3.63) is 32.6 Å². The van der Waals surface area contributed by atoms with Gasteiger partial charge in [0, 0.05) is 18.2 Å². The summed E-state index contributed by atoms with van der Waals surface area (Å²) < 4.78 is 7.32. The van der Waals surface area contributed by atoms with Crippen molar-refractivity contribution in [2.75, 3.05) is 0 Å². The minimum atomic E-state index is -0.855. The van der Waals surface area contributed by atoms with Gasteiger partial charge in [0.2, 0.25) is 0 Å². The zero-order valence-corrected chi connectivity index (χ0v) is 11.8. The van der Waals surface area contributed by atoms with Crippen LogP contribution in [0.25, 0.3) is 0 Å². The van der Waals surface area contributed by atoms with E-state index in [4.69, 9.17) is 4.74 Å². The molecule has 2 N–H and O–H groups in total. The average Bonchev–Trinajstić information content (AvgIpc) is 2.72. The van der Waals surface area contributed by atoms with Crippen LogP contribution in [0.2, 0.25) is 0 Å². The van der Waals surface area contributed by atoms with Gasteiger partial charge >= 0.3 is 5.69 Å². The number of nitrogens with zero attached hydrogens (tertiary/aromatic N) is 1. The van der Waals surface area contributed by atoms with Gasteiger partial charge in [0.1, 0.15) is 6.23 Å². The lowest BCUT2D eigenvalue weighted by atomic mass is 9.76. The SMILES string of the molecule is Cc1cn([C@H]2C[C@]3(O)CCC[C@H](C)[C@@H]3O2)c(=O)[nH]c1=O. The second-order valence-electron chi connectivity index (χ2n) is 6.17. The molecular formula is C14H20N2O4. The Labute approximate surface area is 116 Å². The van der Waals surface area contributed by atoms with Crippen LogP contribution >= 0.6 is 0 Å². The van der Waals surface area contributed by atoms with Gasteiger partial charge in [-0.05, 0) is 25.7 Å². The zero-order chi connectivity index (χ0) is 14.5. The first-order chi connectivity index (χ1) is 9.40. The van der Waals surface area contributed by atoms with E-state index < -0.39 is 17.5 Å². The van der Waals surface area contributed by atoms with Gasteiger partial charge in [0.05, 0.1) is 11.7 Å². The van der Waals surface area contributed by atoms with Gasteiger partial charge in [0.25, 0.3) is 5.56 Å². The molecule has 0 unspecified atom stereocenters. The van der Waals surface area contributed by atoms with Gasteiger partial charge in [0.15, 0.2) is 0 Å². The molecule has 0 bridgehead atoms. The van der Waals surface area contributed by atoms with E-state index in [1.54, 1.807) is 6.92 Å². The topological polar surface area (TPSA) is 84.3 Å². The minimum Gasteiger partial charge on any atom is -0.387 e. The molecule has 1 saturated heterocycles. The lowest BCUT2D eigenvalue weighted by molar-refractivity contribution is -0.106. The number of aromatic nitrogens is 2. The third-order valence-corrected chi connectivity index (χ3v) is 4.60. The van der Waals surface area contributed by atoms with Gasteiger partial charge in [-0.25, -0.2) is 4.79 Å². The molecule has 2 aliphatic rings. The molecule has 6 heteroatoms. The fourth-order valence-corrected chi connectivity index (χ4v) is 3.52. The Morgan fingerprint density at radius 1 is 1.50 bits per heavy atom. The van der Waals surface area contributed by atoms with E-state index in [0.29, 0.717) is 18.4 Å². The van der Waals surface area contributed by atoms with E-state index in [1.165, 1.54) is 10.8 Å². The van der Waals surface area contributed by atoms with Crippen molar-refractivity contribution < 1.29 is 9.84 Å². The Kier molecular flexibility index (Phi) is 3.10. The number of aromatic amines is 1. The van der Waals surface area contributed by atoms with E-state index in [2.05, 4.69) is 11.9 Å². The van der Waals surface area contributed by atoms with Crippen molar-refractivity contribution >= 4 is 0 Å². The number of hydrogen-bond acceptors (Lipinski definition) is 4. The summed E-state index contributed by atoms with van der Waals surface area (Å²) in [6.07, 6.45) is 3.87. The number of aliphatic hydroxyl groups is 1. The predicted molar refractivity (Wildman–Crippen MR) is 72.6 cm³/mol. The zero-order valence-electron chi connectivity index (χ0n) is 11.8. The van der Waals surface area contributed by atoms with Gasteiger partial charge in [-0.2, -0.15) is 0 Å². The number of aryl methyl sites for hydroxylation is 1. The van der Waals surface area contributed by atoms with Gasteiger partial charge in [-0.3, -0.25) is 14.3 Å². The summed E-state index contributed by atoms with van der Waals surface area (Å²) in [4.78, 5) is 25.6. The van der Waals surface area contributed by atoms with Crippen molar-refractivity contribution in [2.45, 2.75) is 57.5 Å². The van der Waals surface area contributed by atoms with Crippen molar-refractivity contribution in [3.63, 3.8) is 0 Å². The largest absolute Gasteiger partial charge is 0.387 e. The highest BCUT2D eigenvalue weighted by molar-refractivity contribution is 5.05. The summed E-state index contributed by atoms with van der Waals surface area (Å²) in [5.74, 6) is 0.276. The maximum Gasteiger partial charge on any atom is 0.330 e. The number of nitrogens with one attached hydrogen (secondary N) is 1. The van der Waals surface area contributed by atoms with Crippen molar-refractivity contribution in [1.82, 2.24) is 9.55 Å². The smallest absolute Gasteiger partial charge is 0.330 e. The molecule has 0 aromatic carbocycles. The van der Waals surface area contributed by atoms with Crippen LogP contribution in [-0.2, 0) is 4.74 Å². The number of H-pyrrole nitrogens is 1. The fourth-order valence-electron chi connectivity index (χ4n) is 3.52. The first-order valence-electron chi connectivity index (χ1n) is 7.10. The summed E-state index contributed by atoms with van der Waals surface area (Å²) in [5.41, 5.74) is -1.26. The molecule has 2 fully saturated rings. The lowest BCUT2D eigenvalue weighted by Gasteiger charge is -2.36. The minimum absolute atomic E-state index is 0.236. The summed E-state index contributed by atoms with van der Waals surface area (Å²) in [6, 6.07) is 0. The van der Waals surface area contributed by atoms with E-state index in [-0.39, 0.29) is 17.6 Å². The van der Waals surface area contributed by atoms with E-state index in [1.807, 2.05) is 0 Å². The fraction of sp³-hybridized carbons (Fsp3) is 0.714. The molecule has 110 valence electrons. The van der Waals surface area contributed by atoms with Crippen LogP contribution in [0.3, 0.4) is 0 Å². The van der Waals surface area contributed by atoms with E-state index in [9.17, 15) is 14.7 Å². The van der Waals surface area contributed by atoms with Crippen molar-refractivity contribution in [1.29, 1.82) is 0 Å². The molecule has 2 heterocycles. The van der Waals surface area contributed by atoms with Crippen LogP contribution in [0, 0.1) is 12.8 Å². The monoisotopic (exact) mass is 280 g/mol. The molecule has 1 aromatic rings. The van der Waals surface area contributed by atoms with Crippen LogP contribution in [0.1, 0.15) is 44.4 Å². The first-order valence-corrected chi connectivity index (χ1v) is 7.10. The normalized spacial score (nSPS) is 36.9. The number of ether oxygens (including phenoxy) is 1. The maximum absolute atomic E-state index is 11.9. The Bertz CT molecular complexity index is 635. The van der Waals surface area contributed by atoms with Crippen LogP contribution in [0.15, 0.2) is 15.8 Å². The van der Waals surface area contributed by atoms with E-state index >= 15 is 0 Å². The Morgan fingerprint density at radius 3 is 2.95 bits per heavy atom. The Morgan fingerprint density at radius 2 is 2.25 bits per heavy atom. The van der Waals surface area contributed by atoms with Crippen molar-refractivity contribution in [3.8, 4) is 0 Å². The summed E-state index contributed by atoms with van der Waals surface area (Å²) in [6.45, 7) is 3.71. The second-order valence-corrected chi connectivity index (χ2v) is 6.17. The van der Waals surface area contributed by atoms with Gasteiger partial charge in [-0.1, -0.05) is 13.3 Å². The quantitative estimate of drug-likeness (QED) is 0.792. The molecule has 1 aliphatic carbocycles. The van der Waals surface area contributed by atoms with Gasteiger partial charge in [-0.15, -0.1) is 0 Å². The molecule has 3 rings (SSSR count). The summed E-state index contributed by atoms with van der Waals surface area (Å²) >= 11 is 0. The molecule has 6 nitrogen and oxygen atoms in total. The molecule has 0 amide bonds. The Balaban J connectivity index is 1.96. The molecule has 20 heavy (non-hydrogen) atoms. The lowest BCUT2D eigenvalue weighted by Crippen LogP contribution is -2.45. The standard InChI is InChI=1S/C14H20N2O4/c1-8-4-3-5-14(19)6-10(20-11(8)14)16-7-9(2)12(17)15-13(16)18/h7-8,10-11,19H,3-6H2,1-2H3,(H,15,17,18)/t8-,10+,11-,14+/m0/s1. The number of rotatable bonds is 1. The average molecular weight is 280 g/mol. The molecular weight excluding hydrogens is 260 g/mol. The second kappa shape index (κ2) is 4.56. The molecule has 1 aromatic heterocycles. The van der Waals surface area contributed by atoms with Gasteiger partial charge < -0.3 is 9.84 Å². The maximum atomic E-state index is 11.9. The molecule has 1 aliphatic heterocycles. The van der Waals surface area contributed by atoms with Crippen LogP contribution < -0.4 is 11.2 Å². The van der Waals surface area contributed by atoms with E-state index in [0.717, 1.165) is 12.8 Å². The molecule has 4 atom stereocenters. The first kappa shape index (κ1) is 13.6. The number of hydrogen-bond donors (Lipinski definition) is 2. The third kappa shape index (κ3) is 2.03. The highest BCUT2D eigenvalue weighted by Gasteiger charge is 2.51. The highest BCUT2D eigenvalue weighted by Crippen LogP contribution is 2.46. The summed E-state index contributed by atoms with van der Waals surface area (Å²) in [7, 11) is 0. The third-order valence-electron chi connectivity index (χ3n) is 4.60. The van der Waals surface area contributed by atoms with Crippen LogP contribution in [0.5, 0.6) is 0 Å².